The molecule has 0 aliphatic carbocycles. The van der Waals surface area contributed by atoms with Crippen LogP contribution >= 0.6 is 0 Å². The molecule has 0 saturated heterocycles. The highest BCUT2D eigenvalue weighted by Gasteiger charge is 2.28. The number of carboxylic acids is 1. The van der Waals surface area contributed by atoms with Crippen LogP contribution in [0.4, 0.5) is 5.69 Å². The largest absolute Gasteiger partial charge is 0.480 e. The first-order chi connectivity index (χ1) is 7.33. The van der Waals surface area contributed by atoms with Gasteiger partial charge in [-0.15, -0.1) is 0 Å². The number of nitro groups is 1. The van der Waals surface area contributed by atoms with Crippen molar-refractivity contribution in [2.24, 2.45) is 5.73 Å². The summed E-state index contributed by atoms with van der Waals surface area (Å²) in [6, 6.07) is 5.79. The summed E-state index contributed by atoms with van der Waals surface area (Å²) in [6.45, 7) is 1.37. The van der Waals surface area contributed by atoms with E-state index in [0.29, 0.717) is 5.56 Å². The normalized spacial score (nSPS) is 14.1. The monoisotopic (exact) mass is 224 g/mol. The van der Waals surface area contributed by atoms with Gasteiger partial charge in [-0.2, -0.15) is 0 Å². The van der Waals surface area contributed by atoms with Crippen LogP contribution in [0, 0.1) is 10.1 Å². The third-order valence-corrected chi connectivity index (χ3v) is 2.18. The van der Waals surface area contributed by atoms with E-state index in [9.17, 15) is 14.9 Å². The minimum Gasteiger partial charge on any atom is -0.480 e. The third-order valence-electron chi connectivity index (χ3n) is 2.18. The number of nitro benzene ring substituents is 1. The van der Waals surface area contributed by atoms with Crippen molar-refractivity contribution in [3.05, 3.63) is 39.9 Å². The van der Waals surface area contributed by atoms with E-state index in [2.05, 4.69) is 0 Å². The molecule has 0 saturated carbocycles. The third kappa shape index (κ3) is 2.77. The molecular weight excluding hydrogens is 212 g/mol. The molecule has 1 atom stereocenters. The van der Waals surface area contributed by atoms with Gasteiger partial charge in [0.15, 0.2) is 0 Å². The Hall–Kier alpha value is -1.95. The van der Waals surface area contributed by atoms with Crippen molar-refractivity contribution in [2.75, 3.05) is 0 Å². The van der Waals surface area contributed by atoms with Gasteiger partial charge in [0.05, 0.1) is 4.92 Å². The molecule has 0 radical (unpaired) electrons. The Morgan fingerprint density at radius 1 is 1.62 bits per heavy atom. The van der Waals surface area contributed by atoms with Gasteiger partial charge in [-0.1, -0.05) is 12.1 Å². The smallest absolute Gasteiger partial charge is 0.323 e. The van der Waals surface area contributed by atoms with Crippen LogP contribution in [-0.4, -0.2) is 21.5 Å². The van der Waals surface area contributed by atoms with Crippen molar-refractivity contribution < 1.29 is 14.8 Å². The Kier molecular flexibility index (Phi) is 3.24. The van der Waals surface area contributed by atoms with Gasteiger partial charge in [0.2, 0.25) is 0 Å². The molecule has 0 aliphatic rings. The zero-order valence-electron chi connectivity index (χ0n) is 8.71. The molecule has 6 nitrogen and oxygen atoms in total. The second-order valence-electron chi connectivity index (χ2n) is 3.83. The van der Waals surface area contributed by atoms with Crippen molar-refractivity contribution in [1.82, 2.24) is 0 Å². The summed E-state index contributed by atoms with van der Waals surface area (Å²) >= 11 is 0. The first-order valence-electron chi connectivity index (χ1n) is 4.58. The predicted molar refractivity (Wildman–Crippen MR) is 57.0 cm³/mol. The number of nitrogens with two attached hydrogens (primary N) is 1. The lowest BCUT2D eigenvalue weighted by atomic mass is 9.94. The van der Waals surface area contributed by atoms with Crippen molar-refractivity contribution >= 4 is 11.7 Å². The lowest BCUT2D eigenvalue weighted by Gasteiger charge is -2.18. The molecule has 0 heterocycles. The first-order valence-corrected chi connectivity index (χ1v) is 4.58. The molecule has 0 spiro atoms. The van der Waals surface area contributed by atoms with Gasteiger partial charge >= 0.3 is 5.97 Å². The number of carboxylic acid groups (broad SMARTS) is 1. The fourth-order valence-electron chi connectivity index (χ4n) is 1.28. The highest BCUT2D eigenvalue weighted by molar-refractivity contribution is 5.78. The van der Waals surface area contributed by atoms with E-state index in [-0.39, 0.29) is 12.1 Å². The number of benzene rings is 1. The molecule has 3 N–H and O–H groups in total. The quantitative estimate of drug-likeness (QED) is 0.584. The van der Waals surface area contributed by atoms with Crippen LogP contribution < -0.4 is 5.73 Å². The molecule has 86 valence electrons. The lowest BCUT2D eigenvalue weighted by Crippen LogP contribution is -2.46. The topological polar surface area (TPSA) is 106 Å². The molecule has 0 amide bonds. The Balaban J connectivity index is 2.94. The first kappa shape index (κ1) is 12.1. The summed E-state index contributed by atoms with van der Waals surface area (Å²) in [5.41, 5.74) is 4.59. The van der Waals surface area contributed by atoms with E-state index in [1.807, 2.05) is 0 Å². The predicted octanol–water partition coefficient (Wildman–Crippen LogP) is 0.939. The van der Waals surface area contributed by atoms with Crippen molar-refractivity contribution in [3.8, 4) is 0 Å². The standard InChI is InChI=1S/C10H12N2O4/c1-10(11,9(13)14)6-7-3-2-4-8(5-7)12(15)16/h2-5H,6,11H2,1H3,(H,13,14). The highest BCUT2D eigenvalue weighted by atomic mass is 16.6. The van der Waals surface area contributed by atoms with Gasteiger partial charge < -0.3 is 10.8 Å². The second-order valence-corrected chi connectivity index (χ2v) is 3.83. The number of non-ortho nitro benzene ring substituents is 1. The molecule has 1 rings (SSSR count). The van der Waals surface area contributed by atoms with Crippen LogP contribution in [0.5, 0.6) is 0 Å². The van der Waals surface area contributed by atoms with Crippen LogP contribution in [0.15, 0.2) is 24.3 Å². The zero-order chi connectivity index (χ0) is 12.3. The molecule has 0 aliphatic heterocycles. The number of rotatable bonds is 4. The Bertz CT molecular complexity index is 429. The summed E-state index contributed by atoms with van der Waals surface area (Å²) in [5.74, 6) is -1.14. The Morgan fingerprint density at radius 2 is 2.25 bits per heavy atom. The van der Waals surface area contributed by atoms with E-state index in [1.54, 1.807) is 6.07 Å². The summed E-state index contributed by atoms with van der Waals surface area (Å²) in [6.07, 6.45) is 0.0456. The SMILES string of the molecule is CC(N)(Cc1cccc([N+](=O)[O-])c1)C(=O)O. The molecule has 0 bridgehead atoms. The summed E-state index contributed by atoms with van der Waals surface area (Å²) in [5, 5.41) is 19.3. The zero-order valence-corrected chi connectivity index (χ0v) is 8.71. The molecular formula is C10H12N2O4. The van der Waals surface area contributed by atoms with Crippen LogP contribution in [0.3, 0.4) is 0 Å². The van der Waals surface area contributed by atoms with Gasteiger partial charge in [-0.05, 0) is 12.5 Å². The summed E-state index contributed by atoms with van der Waals surface area (Å²) in [7, 11) is 0. The second kappa shape index (κ2) is 4.28. The van der Waals surface area contributed by atoms with E-state index >= 15 is 0 Å². The minimum absolute atomic E-state index is 0.0456. The summed E-state index contributed by atoms with van der Waals surface area (Å²) in [4.78, 5) is 20.8. The van der Waals surface area contributed by atoms with Gasteiger partial charge in [0.25, 0.3) is 5.69 Å². The average Bonchev–Trinajstić information content (AvgIpc) is 2.17. The molecule has 6 heteroatoms. The highest BCUT2D eigenvalue weighted by Crippen LogP contribution is 2.17. The Labute approximate surface area is 91.8 Å². The van der Waals surface area contributed by atoms with Crippen LogP contribution in [0.25, 0.3) is 0 Å². The number of aliphatic carboxylic acids is 1. The van der Waals surface area contributed by atoms with Gasteiger partial charge in [-0.3, -0.25) is 14.9 Å². The molecule has 1 aromatic carbocycles. The average molecular weight is 224 g/mol. The van der Waals surface area contributed by atoms with Crippen molar-refractivity contribution in [1.29, 1.82) is 0 Å². The number of nitrogens with zero attached hydrogens (tertiary/aromatic N) is 1. The number of carbonyl (C=O) groups is 1. The van der Waals surface area contributed by atoms with E-state index < -0.39 is 16.4 Å². The maximum atomic E-state index is 10.8. The van der Waals surface area contributed by atoms with Gasteiger partial charge in [0.1, 0.15) is 5.54 Å². The minimum atomic E-state index is -1.42. The van der Waals surface area contributed by atoms with Crippen LogP contribution in [0.1, 0.15) is 12.5 Å². The summed E-state index contributed by atoms with van der Waals surface area (Å²) < 4.78 is 0. The molecule has 1 unspecified atom stereocenters. The molecule has 16 heavy (non-hydrogen) atoms. The van der Waals surface area contributed by atoms with Gasteiger partial charge in [-0.25, -0.2) is 0 Å². The maximum Gasteiger partial charge on any atom is 0.323 e. The fourth-order valence-corrected chi connectivity index (χ4v) is 1.28. The number of hydrogen-bond donors (Lipinski definition) is 2. The fraction of sp³-hybridized carbons (Fsp3) is 0.300. The number of hydrogen-bond acceptors (Lipinski definition) is 4. The van der Waals surface area contributed by atoms with Gasteiger partial charge in [0, 0.05) is 18.6 Å². The maximum absolute atomic E-state index is 10.8. The lowest BCUT2D eigenvalue weighted by molar-refractivity contribution is -0.384. The Morgan fingerprint density at radius 3 is 2.75 bits per heavy atom. The van der Waals surface area contributed by atoms with E-state index in [4.69, 9.17) is 10.8 Å². The molecule has 0 fully saturated rings. The van der Waals surface area contributed by atoms with Crippen molar-refractivity contribution in [2.45, 2.75) is 18.9 Å². The van der Waals surface area contributed by atoms with Crippen LogP contribution in [-0.2, 0) is 11.2 Å². The van der Waals surface area contributed by atoms with Crippen LogP contribution in [0.2, 0.25) is 0 Å². The molecule has 1 aromatic rings. The molecule has 0 aromatic heterocycles. The van der Waals surface area contributed by atoms with E-state index in [0.717, 1.165) is 0 Å². The van der Waals surface area contributed by atoms with Crippen molar-refractivity contribution in [3.63, 3.8) is 0 Å². The van der Waals surface area contributed by atoms with E-state index in [1.165, 1.54) is 25.1 Å².